The van der Waals surface area contributed by atoms with Gasteiger partial charge in [0.2, 0.25) is 0 Å². The first kappa shape index (κ1) is 17.1. The highest BCUT2D eigenvalue weighted by atomic mass is 14.3. The summed E-state index contributed by atoms with van der Waals surface area (Å²) >= 11 is 0. The molecule has 0 saturated carbocycles. The van der Waals surface area contributed by atoms with Gasteiger partial charge in [-0.2, -0.15) is 0 Å². The SMILES string of the molecule is BC(B)(C(C)C)C(CCCCC)CCCCC. The quantitative estimate of drug-likeness (QED) is 0.399. The summed E-state index contributed by atoms with van der Waals surface area (Å²) < 4.78 is 0. The summed E-state index contributed by atoms with van der Waals surface area (Å²) in [4.78, 5) is 0. The summed E-state index contributed by atoms with van der Waals surface area (Å²) in [5, 5.41) is 0.515. The molecule has 0 saturated heterocycles. The van der Waals surface area contributed by atoms with E-state index in [9.17, 15) is 0 Å². The average Bonchev–Trinajstić information content (AvgIpc) is 2.27. The maximum atomic E-state index is 2.49. The van der Waals surface area contributed by atoms with E-state index in [0.29, 0.717) is 5.21 Å². The lowest BCUT2D eigenvalue weighted by Gasteiger charge is -2.39. The van der Waals surface area contributed by atoms with E-state index in [4.69, 9.17) is 0 Å². The molecule has 0 atom stereocenters. The Bertz CT molecular complexity index is 166. The van der Waals surface area contributed by atoms with E-state index < -0.39 is 0 Å². The smallest absolute Gasteiger partial charge is 0.0796 e. The zero-order chi connectivity index (χ0) is 13.3. The number of rotatable bonds is 10. The van der Waals surface area contributed by atoms with Gasteiger partial charge in [0, 0.05) is 0 Å². The molecule has 17 heavy (non-hydrogen) atoms. The molecule has 0 aliphatic heterocycles. The van der Waals surface area contributed by atoms with E-state index in [1.807, 2.05) is 0 Å². The summed E-state index contributed by atoms with van der Waals surface area (Å²) in [6, 6.07) is 0. The van der Waals surface area contributed by atoms with Gasteiger partial charge in [0.05, 0.1) is 15.7 Å². The van der Waals surface area contributed by atoms with Gasteiger partial charge in [0.25, 0.3) is 0 Å². The lowest BCUT2D eigenvalue weighted by Crippen LogP contribution is -2.30. The molecule has 0 radical (unpaired) electrons. The molecule has 0 aromatic heterocycles. The fraction of sp³-hybridized carbons (Fsp3) is 1.00. The molecular weight excluding hydrogens is 202 g/mol. The molecule has 0 aromatic carbocycles. The maximum absolute atomic E-state index is 2.49. The Hall–Kier alpha value is 0.130. The van der Waals surface area contributed by atoms with Crippen molar-refractivity contribution in [2.24, 2.45) is 11.8 Å². The predicted octanol–water partition coefficient (Wildman–Crippen LogP) is 3.80. The molecular formula is C15H34B2. The van der Waals surface area contributed by atoms with Crippen molar-refractivity contribution in [3.63, 3.8) is 0 Å². The topological polar surface area (TPSA) is 0 Å². The van der Waals surface area contributed by atoms with Crippen molar-refractivity contribution >= 4 is 15.7 Å². The van der Waals surface area contributed by atoms with Gasteiger partial charge in [-0.15, -0.1) is 0 Å². The van der Waals surface area contributed by atoms with E-state index >= 15 is 0 Å². The molecule has 0 aliphatic carbocycles. The summed E-state index contributed by atoms with van der Waals surface area (Å²) in [6.45, 7) is 9.40. The third kappa shape index (κ3) is 6.58. The first-order chi connectivity index (χ1) is 7.96. The Labute approximate surface area is 112 Å². The molecule has 0 spiro atoms. The highest BCUT2D eigenvalue weighted by Crippen LogP contribution is 2.42. The van der Waals surface area contributed by atoms with Crippen LogP contribution in [-0.2, 0) is 0 Å². The summed E-state index contributed by atoms with van der Waals surface area (Å²) in [5.41, 5.74) is 0. The normalized spacial score (nSPS) is 12.6. The van der Waals surface area contributed by atoms with Crippen molar-refractivity contribution in [1.82, 2.24) is 0 Å². The van der Waals surface area contributed by atoms with Crippen LogP contribution in [0.25, 0.3) is 0 Å². The molecule has 100 valence electrons. The zero-order valence-corrected chi connectivity index (χ0v) is 13.3. The molecule has 2 heteroatoms. The first-order valence-electron chi connectivity index (χ1n) is 7.96. The third-order valence-electron chi connectivity index (χ3n) is 4.85. The van der Waals surface area contributed by atoms with Crippen molar-refractivity contribution in [2.75, 3.05) is 0 Å². The van der Waals surface area contributed by atoms with Crippen LogP contribution in [0, 0.1) is 11.8 Å². The van der Waals surface area contributed by atoms with Crippen molar-refractivity contribution < 1.29 is 0 Å². The van der Waals surface area contributed by atoms with Crippen LogP contribution in [-0.4, -0.2) is 15.7 Å². The number of hydrogen-bond acceptors (Lipinski definition) is 0. The van der Waals surface area contributed by atoms with Crippen LogP contribution in [0.1, 0.15) is 79.1 Å². The molecule has 0 rings (SSSR count). The van der Waals surface area contributed by atoms with Gasteiger partial charge in [-0.05, 0) is 5.92 Å². The van der Waals surface area contributed by atoms with E-state index in [1.54, 1.807) is 0 Å². The standard InChI is InChI=1S/C15H34B2/c1-5-7-9-11-14(12-10-8-6-2)15(16,17)13(3)4/h13-14H,5-12,16-17H2,1-4H3. The van der Waals surface area contributed by atoms with E-state index in [1.165, 1.54) is 51.4 Å². The summed E-state index contributed by atoms with van der Waals surface area (Å²) in [7, 11) is 4.97. The van der Waals surface area contributed by atoms with Crippen LogP contribution in [0.3, 0.4) is 0 Å². The Morgan fingerprint density at radius 2 is 1.24 bits per heavy atom. The van der Waals surface area contributed by atoms with Crippen molar-refractivity contribution in [1.29, 1.82) is 0 Å². The molecule has 0 N–H and O–H groups in total. The van der Waals surface area contributed by atoms with Gasteiger partial charge in [-0.25, -0.2) is 0 Å². The summed E-state index contributed by atoms with van der Waals surface area (Å²) in [5.74, 6) is 1.73. The first-order valence-corrected chi connectivity index (χ1v) is 7.96. The van der Waals surface area contributed by atoms with Crippen molar-refractivity contribution in [3.05, 3.63) is 0 Å². The van der Waals surface area contributed by atoms with Gasteiger partial charge in [0.15, 0.2) is 0 Å². The third-order valence-corrected chi connectivity index (χ3v) is 4.85. The molecule has 0 aromatic rings. The second-order valence-electron chi connectivity index (χ2n) is 6.66. The Kier molecular flexibility index (Phi) is 9.18. The molecule has 0 unspecified atom stereocenters. The predicted molar refractivity (Wildman–Crippen MR) is 86.4 cm³/mol. The second-order valence-corrected chi connectivity index (χ2v) is 6.66. The van der Waals surface area contributed by atoms with Crippen LogP contribution < -0.4 is 0 Å². The van der Waals surface area contributed by atoms with Gasteiger partial charge < -0.3 is 0 Å². The van der Waals surface area contributed by atoms with Crippen LogP contribution in [0.5, 0.6) is 0 Å². The second kappa shape index (κ2) is 9.11. The van der Waals surface area contributed by atoms with E-state index in [2.05, 4.69) is 43.4 Å². The number of hydrogen-bond donors (Lipinski definition) is 0. The maximum Gasteiger partial charge on any atom is 0.0998 e. The Morgan fingerprint density at radius 1 is 0.824 bits per heavy atom. The lowest BCUT2D eigenvalue weighted by molar-refractivity contribution is 0.311. The Balaban J connectivity index is 4.27. The van der Waals surface area contributed by atoms with Crippen LogP contribution in [0.4, 0.5) is 0 Å². The summed E-state index contributed by atoms with van der Waals surface area (Å²) in [6.07, 6.45) is 11.3. The molecule has 0 fully saturated rings. The van der Waals surface area contributed by atoms with Crippen molar-refractivity contribution in [2.45, 2.75) is 84.3 Å². The largest absolute Gasteiger partial charge is 0.0998 e. The van der Waals surface area contributed by atoms with E-state index in [0.717, 1.165) is 11.8 Å². The van der Waals surface area contributed by atoms with Gasteiger partial charge in [-0.3, -0.25) is 0 Å². The molecule has 0 heterocycles. The highest BCUT2D eigenvalue weighted by molar-refractivity contribution is 6.40. The fourth-order valence-electron chi connectivity index (χ4n) is 2.64. The minimum Gasteiger partial charge on any atom is -0.0796 e. The minimum absolute atomic E-state index is 0.515. The van der Waals surface area contributed by atoms with E-state index in [-0.39, 0.29) is 0 Å². The number of unbranched alkanes of at least 4 members (excludes halogenated alkanes) is 4. The monoisotopic (exact) mass is 236 g/mol. The van der Waals surface area contributed by atoms with Crippen LogP contribution in [0.2, 0.25) is 5.21 Å². The zero-order valence-electron chi connectivity index (χ0n) is 13.3. The molecule has 0 aliphatic rings. The fourth-order valence-corrected chi connectivity index (χ4v) is 2.64. The van der Waals surface area contributed by atoms with Crippen LogP contribution in [0.15, 0.2) is 0 Å². The van der Waals surface area contributed by atoms with Crippen LogP contribution >= 0.6 is 0 Å². The molecule has 0 bridgehead atoms. The average molecular weight is 236 g/mol. The van der Waals surface area contributed by atoms with Gasteiger partial charge >= 0.3 is 0 Å². The highest BCUT2D eigenvalue weighted by Gasteiger charge is 2.31. The molecule has 0 amide bonds. The lowest BCUT2D eigenvalue weighted by atomic mass is 9.42. The Morgan fingerprint density at radius 3 is 1.53 bits per heavy atom. The van der Waals surface area contributed by atoms with Crippen molar-refractivity contribution in [3.8, 4) is 0 Å². The minimum atomic E-state index is 0.515. The molecule has 0 nitrogen and oxygen atoms in total. The van der Waals surface area contributed by atoms with Gasteiger partial charge in [-0.1, -0.05) is 90.2 Å². The van der Waals surface area contributed by atoms with Gasteiger partial charge in [0.1, 0.15) is 0 Å².